The Morgan fingerprint density at radius 3 is 2.14 bits per heavy atom. The average Bonchev–Trinajstić information content (AvgIpc) is 3.21. The van der Waals surface area contributed by atoms with Gasteiger partial charge in [0.2, 0.25) is 11.8 Å². The molecule has 0 bridgehead atoms. The van der Waals surface area contributed by atoms with Crippen molar-refractivity contribution in [2.45, 2.75) is 51.4 Å². The molecule has 1 fully saturated rings. The minimum absolute atomic E-state index is 0.0327. The van der Waals surface area contributed by atoms with Crippen molar-refractivity contribution in [3.63, 3.8) is 0 Å². The largest absolute Gasteiger partial charge is 0.438 e. The molecule has 1 heterocycles. The summed E-state index contributed by atoms with van der Waals surface area (Å²) in [5, 5.41) is 5.89. The summed E-state index contributed by atoms with van der Waals surface area (Å²) in [5.41, 5.74) is 3.15. The number of nitrogens with one attached hydrogen (secondary N) is 2. The fourth-order valence-electron chi connectivity index (χ4n) is 4.16. The van der Waals surface area contributed by atoms with Crippen LogP contribution in [-0.2, 0) is 27.3 Å². The van der Waals surface area contributed by atoms with Gasteiger partial charge in [-0.3, -0.25) is 14.5 Å². The van der Waals surface area contributed by atoms with Crippen LogP contribution in [0.2, 0.25) is 0 Å². The zero-order chi connectivity index (χ0) is 25.5. The summed E-state index contributed by atoms with van der Waals surface area (Å²) >= 11 is 0. The number of nitrogens with zero attached hydrogens (tertiary/aromatic N) is 1. The van der Waals surface area contributed by atoms with E-state index in [9.17, 15) is 14.4 Å². The van der Waals surface area contributed by atoms with Crippen molar-refractivity contribution in [3.8, 4) is 0 Å². The maximum Gasteiger partial charge on any atom is 0.411 e. The molecule has 0 unspecified atom stereocenters. The van der Waals surface area contributed by atoms with E-state index in [1.807, 2.05) is 74.5 Å². The second kappa shape index (κ2) is 11.5. The topological polar surface area (TPSA) is 87.7 Å². The number of rotatable bonds is 9. The van der Waals surface area contributed by atoms with Crippen LogP contribution in [0.4, 0.5) is 10.5 Å². The molecule has 186 valence electrons. The van der Waals surface area contributed by atoms with Crippen molar-refractivity contribution in [3.05, 3.63) is 102 Å². The number of carbonyl (C=O) groups excluding carboxylic acids is 3. The molecule has 3 aromatic rings. The molecule has 7 heteroatoms. The van der Waals surface area contributed by atoms with Gasteiger partial charge in [0.05, 0.1) is 13.0 Å². The lowest BCUT2D eigenvalue weighted by molar-refractivity contribution is -0.127. The molecule has 0 aliphatic carbocycles. The SMILES string of the molecule is CC[C@H](C)NC(=O)[C@@H]1[C@H](c2ccc(NC(=O)Cc3ccccc3)cc2)OC(=O)N1Cc1ccccc1. The van der Waals surface area contributed by atoms with Gasteiger partial charge in [-0.05, 0) is 42.2 Å². The van der Waals surface area contributed by atoms with Gasteiger partial charge in [-0.25, -0.2) is 4.79 Å². The van der Waals surface area contributed by atoms with E-state index >= 15 is 0 Å². The van der Waals surface area contributed by atoms with Crippen LogP contribution in [0, 0.1) is 0 Å². The van der Waals surface area contributed by atoms with Crippen molar-refractivity contribution >= 4 is 23.6 Å². The third kappa shape index (κ3) is 6.10. The zero-order valence-corrected chi connectivity index (χ0v) is 20.5. The van der Waals surface area contributed by atoms with E-state index in [-0.39, 0.29) is 30.8 Å². The number of hydrogen-bond donors (Lipinski definition) is 2. The van der Waals surface area contributed by atoms with Crippen LogP contribution >= 0.6 is 0 Å². The Morgan fingerprint density at radius 2 is 1.53 bits per heavy atom. The first-order valence-electron chi connectivity index (χ1n) is 12.2. The maximum absolute atomic E-state index is 13.3. The molecule has 7 nitrogen and oxygen atoms in total. The van der Waals surface area contributed by atoms with Crippen LogP contribution in [0.1, 0.15) is 43.1 Å². The molecule has 0 spiro atoms. The molecular formula is C29H31N3O4. The van der Waals surface area contributed by atoms with Crippen molar-refractivity contribution in [1.29, 1.82) is 0 Å². The van der Waals surface area contributed by atoms with Gasteiger partial charge >= 0.3 is 6.09 Å². The standard InChI is InChI=1S/C29H31N3O4/c1-3-20(2)30-28(34)26-27(36-29(35)32(26)19-22-12-8-5-9-13-22)23-14-16-24(17-15-23)31-25(33)18-21-10-6-4-7-11-21/h4-17,20,26-27H,3,18-19H2,1-2H3,(H,30,34)(H,31,33)/t20-,26-,27-/m0/s1. The predicted octanol–water partition coefficient (Wildman–Crippen LogP) is 4.84. The van der Waals surface area contributed by atoms with Crippen molar-refractivity contribution in [2.24, 2.45) is 0 Å². The van der Waals surface area contributed by atoms with Gasteiger partial charge in [0.25, 0.3) is 0 Å². The molecule has 4 rings (SSSR count). The first-order chi connectivity index (χ1) is 17.4. The van der Waals surface area contributed by atoms with Crippen LogP contribution in [0.3, 0.4) is 0 Å². The first-order valence-corrected chi connectivity index (χ1v) is 12.2. The van der Waals surface area contributed by atoms with Gasteiger partial charge in [0.15, 0.2) is 12.1 Å². The molecular weight excluding hydrogens is 454 g/mol. The minimum atomic E-state index is -0.815. The lowest BCUT2D eigenvalue weighted by Gasteiger charge is -2.25. The summed E-state index contributed by atoms with van der Waals surface area (Å²) in [5.74, 6) is -0.377. The highest BCUT2D eigenvalue weighted by Gasteiger charge is 2.47. The molecule has 3 aromatic carbocycles. The van der Waals surface area contributed by atoms with Gasteiger partial charge < -0.3 is 15.4 Å². The summed E-state index contributed by atoms with van der Waals surface area (Å²) in [6.07, 6.45) is -0.254. The third-order valence-electron chi connectivity index (χ3n) is 6.28. The quantitative estimate of drug-likeness (QED) is 0.454. The number of anilines is 1. The van der Waals surface area contributed by atoms with E-state index in [4.69, 9.17) is 4.74 Å². The van der Waals surface area contributed by atoms with Crippen LogP contribution < -0.4 is 10.6 Å². The predicted molar refractivity (Wildman–Crippen MR) is 138 cm³/mol. The van der Waals surface area contributed by atoms with Crippen LogP contribution in [0.5, 0.6) is 0 Å². The molecule has 36 heavy (non-hydrogen) atoms. The second-order valence-electron chi connectivity index (χ2n) is 9.01. The Morgan fingerprint density at radius 1 is 0.917 bits per heavy atom. The smallest absolute Gasteiger partial charge is 0.411 e. The lowest BCUT2D eigenvalue weighted by atomic mass is 10.00. The van der Waals surface area contributed by atoms with E-state index in [0.717, 1.165) is 17.5 Å². The molecule has 1 aliphatic rings. The molecule has 0 aromatic heterocycles. The molecule has 0 saturated carbocycles. The van der Waals surface area contributed by atoms with E-state index in [1.54, 1.807) is 24.3 Å². The van der Waals surface area contributed by atoms with Gasteiger partial charge in [-0.2, -0.15) is 0 Å². The Labute approximate surface area is 211 Å². The summed E-state index contributed by atoms with van der Waals surface area (Å²) in [6, 6.07) is 25.3. The van der Waals surface area contributed by atoms with Crippen LogP contribution in [0.15, 0.2) is 84.9 Å². The molecule has 2 N–H and O–H groups in total. The van der Waals surface area contributed by atoms with Crippen LogP contribution in [-0.4, -0.2) is 34.9 Å². The highest BCUT2D eigenvalue weighted by atomic mass is 16.6. The van der Waals surface area contributed by atoms with Crippen molar-refractivity contribution in [2.75, 3.05) is 5.32 Å². The number of ether oxygens (including phenoxy) is 1. The fourth-order valence-corrected chi connectivity index (χ4v) is 4.16. The molecule has 1 saturated heterocycles. The van der Waals surface area contributed by atoms with E-state index < -0.39 is 18.2 Å². The summed E-state index contributed by atoms with van der Waals surface area (Å²) in [7, 11) is 0. The number of amides is 3. The monoisotopic (exact) mass is 485 g/mol. The summed E-state index contributed by atoms with van der Waals surface area (Å²) < 4.78 is 5.72. The number of cyclic esters (lactones) is 1. The summed E-state index contributed by atoms with van der Waals surface area (Å²) in [4.78, 5) is 40.1. The van der Waals surface area contributed by atoms with E-state index in [1.165, 1.54) is 4.90 Å². The molecule has 1 aliphatic heterocycles. The van der Waals surface area contributed by atoms with Crippen molar-refractivity contribution in [1.82, 2.24) is 10.2 Å². The van der Waals surface area contributed by atoms with Crippen molar-refractivity contribution < 1.29 is 19.1 Å². The lowest BCUT2D eigenvalue weighted by Crippen LogP contribution is -2.48. The Hall–Kier alpha value is -4.13. The highest BCUT2D eigenvalue weighted by molar-refractivity contribution is 5.92. The number of benzene rings is 3. The van der Waals surface area contributed by atoms with Gasteiger partial charge in [0, 0.05) is 11.7 Å². The average molecular weight is 486 g/mol. The Bertz CT molecular complexity index is 1180. The first kappa shape index (κ1) is 25.0. The minimum Gasteiger partial charge on any atom is -0.438 e. The highest BCUT2D eigenvalue weighted by Crippen LogP contribution is 2.34. The maximum atomic E-state index is 13.3. The normalized spacial score (nSPS) is 17.8. The third-order valence-corrected chi connectivity index (χ3v) is 6.28. The molecule has 3 amide bonds. The molecule has 3 atom stereocenters. The number of hydrogen-bond acceptors (Lipinski definition) is 4. The zero-order valence-electron chi connectivity index (χ0n) is 20.5. The summed E-state index contributed by atoms with van der Waals surface area (Å²) in [6.45, 7) is 4.19. The van der Waals surface area contributed by atoms with Gasteiger partial charge in [0.1, 0.15) is 0 Å². The second-order valence-corrected chi connectivity index (χ2v) is 9.01. The fraction of sp³-hybridized carbons (Fsp3) is 0.276. The molecule has 0 radical (unpaired) electrons. The Balaban J connectivity index is 1.51. The number of carbonyl (C=O) groups is 3. The van der Waals surface area contributed by atoms with Gasteiger partial charge in [-0.1, -0.05) is 79.7 Å². The van der Waals surface area contributed by atoms with Gasteiger partial charge in [-0.15, -0.1) is 0 Å². The van der Waals surface area contributed by atoms with E-state index in [0.29, 0.717) is 11.3 Å². The Kier molecular flexibility index (Phi) is 8.00. The van der Waals surface area contributed by atoms with E-state index in [2.05, 4.69) is 10.6 Å². The van der Waals surface area contributed by atoms with Crippen LogP contribution in [0.25, 0.3) is 0 Å².